The molecule has 0 N–H and O–H groups in total. The third-order valence-corrected chi connectivity index (χ3v) is 5.61. The molecule has 0 aromatic heterocycles. The van der Waals surface area contributed by atoms with E-state index >= 15 is 0 Å². The third-order valence-electron chi connectivity index (χ3n) is 5.61. The molecule has 4 rings (SSSR count). The predicted octanol–water partition coefficient (Wildman–Crippen LogP) is 5.23. The van der Waals surface area contributed by atoms with E-state index < -0.39 is 11.7 Å². The van der Waals surface area contributed by atoms with Crippen LogP contribution in [0.2, 0.25) is 0 Å². The Labute approximate surface area is 169 Å². The minimum absolute atomic E-state index is 0.0154. The summed E-state index contributed by atoms with van der Waals surface area (Å²) >= 11 is 0. The van der Waals surface area contributed by atoms with Crippen molar-refractivity contribution in [1.29, 1.82) is 0 Å². The summed E-state index contributed by atoms with van der Waals surface area (Å²) in [5.41, 5.74) is 1.57. The number of Topliss-reactive ketones (excluding diaryl/α,β-unsaturated/α-hetero) is 2. The van der Waals surface area contributed by atoms with Gasteiger partial charge in [0.15, 0.2) is 23.1 Å². The molecule has 1 aliphatic carbocycles. The predicted molar refractivity (Wildman–Crippen MR) is 107 cm³/mol. The molecule has 150 valence electrons. The van der Waals surface area contributed by atoms with Crippen LogP contribution in [0.15, 0.2) is 53.8 Å². The first-order chi connectivity index (χ1) is 13.8. The van der Waals surface area contributed by atoms with E-state index in [0.717, 1.165) is 5.56 Å². The molecule has 2 aromatic carbocycles. The summed E-state index contributed by atoms with van der Waals surface area (Å²) in [5.74, 6) is 0.833. The maximum absolute atomic E-state index is 13.2. The summed E-state index contributed by atoms with van der Waals surface area (Å²) in [6, 6.07) is 11.0. The number of hydrogen-bond donors (Lipinski definition) is 0. The van der Waals surface area contributed by atoms with E-state index in [1.54, 1.807) is 13.2 Å². The summed E-state index contributed by atoms with van der Waals surface area (Å²) in [7, 11) is 1.57. The molecule has 5 heteroatoms. The number of para-hydroxylation sites is 1. The Morgan fingerprint density at radius 2 is 1.90 bits per heavy atom. The van der Waals surface area contributed by atoms with Gasteiger partial charge in [-0.05, 0) is 35.7 Å². The van der Waals surface area contributed by atoms with Crippen LogP contribution < -0.4 is 9.47 Å². The summed E-state index contributed by atoms with van der Waals surface area (Å²) in [4.78, 5) is 26.0. The number of rotatable bonds is 4. The van der Waals surface area contributed by atoms with Crippen LogP contribution in [0, 0.1) is 11.2 Å². The monoisotopic (exact) mass is 394 g/mol. The number of carbonyl (C=O) groups excluding carboxylic acids is 2. The molecule has 0 bridgehead atoms. The van der Waals surface area contributed by atoms with Gasteiger partial charge in [-0.15, -0.1) is 0 Å². The average molecular weight is 394 g/mol. The zero-order valence-corrected chi connectivity index (χ0v) is 16.8. The molecular weight excluding hydrogens is 371 g/mol. The molecule has 0 fully saturated rings. The van der Waals surface area contributed by atoms with Gasteiger partial charge in [0.1, 0.15) is 11.6 Å². The first-order valence-corrected chi connectivity index (χ1v) is 9.69. The minimum Gasteiger partial charge on any atom is -0.493 e. The van der Waals surface area contributed by atoms with E-state index in [9.17, 15) is 14.0 Å². The Morgan fingerprint density at radius 1 is 1.17 bits per heavy atom. The number of ketones is 2. The molecule has 2 aliphatic rings. The second kappa shape index (κ2) is 7.14. The Balaban J connectivity index is 1.79. The number of ether oxygens (including phenoxy) is 2. The molecule has 1 atom stereocenters. The lowest BCUT2D eigenvalue weighted by Crippen LogP contribution is -2.33. The van der Waals surface area contributed by atoms with Gasteiger partial charge >= 0.3 is 0 Å². The lowest BCUT2D eigenvalue weighted by Gasteiger charge is -2.38. The lowest BCUT2D eigenvalue weighted by molar-refractivity contribution is -0.118. The summed E-state index contributed by atoms with van der Waals surface area (Å²) in [5, 5.41) is 0. The highest BCUT2D eigenvalue weighted by molar-refractivity contribution is 6.02. The normalized spacial score (nSPS) is 19.9. The van der Waals surface area contributed by atoms with Gasteiger partial charge in [0.05, 0.1) is 7.11 Å². The highest BCUT2D eigenvalue weighted by Gasteiger charge is 2.42. The molecule has 0 spiro atoms. The van der Waals surface area contributed by atoms with E-state index in [2.05, 4.69) is 0 Å². The zero-order chi connectivity index (χ0) is 20.8. The highest BCUT2D eigenvalue weighted by Crippen LogP contribution is 2.51. The number of allylic oxidation sites excluding steroid dienone is 2. The fourth-order valence-corrected chi connectivity index (χ4v) is 4.26. The number of carbonyl (C=O) groups is 2. The van der Waals surface area contributed by atoms with Gasteiger partial charge in [-0.3, -0.25) is 9.59 Å². The van der Waals surface area contributed by atoms with E-state index in [1.807, 2.05) is 26.0 Å². The Bertz CT molecular complexity index is 1020. The largest absolute Gasteiger partial charge is 0.493 e. The summed E-state index contributed by atoms with van der Waals surface area (Å²) in [6.07, 6.45) is 1.14. The van der Waals surface area contributed by atoms with Crippen molar-refractivity contribution in [3.05, 3.63) is 70.7 Å². The van der Waals surface area contributed by atoms with Crippen molar-refractivity contribution in [2.45, 2.75) is 39.0 Å². The fourth-order valence-electron chi connectivity index (χ4n) is 4.26. The first kappa shape index (κ1) is 19.4. The summed E-state index contributed by atoms with van der Waals surface area (Å²) < 4.78 is 24.9. The molecular formula is C24H23FO4. The average Bonchev–Trinajstić information content (AvgIpc) is 2.66. The molecule has 0 radical (unpaired) electrons. The van der Waals surface area contributed by atoms with Gasteiger partial charge in [-0.1, -0.05) is 26.0 Å². The van der Waals surface area contributed by atoms with Crippen molar-refractivity contribution in [1.82, 2.24) is 0 Å². The molecule has 29 heavy (non-hydrogen) atoms. The van der Waals surface area contributed by atoms with Crippen molar-refractivity contribution in [2.24, 2.45) is 5.41 Å². The van der Waals surface area contributed by atoms with Gasteiger partial charge in [0.2, 0.25) is 0 Å². The smallest absolute Gasteiger partial charge is 0.172 e. The minimum atomic E-state index is -0.412. The highest BCUT2D eigenvalue weighted by atomic mass is 19.1. The molecule has 4 nitrogen and oxygen atoms in total. The molecule has 1 heterocycles. The zero-order valence-electron chi connectivity index (χ0n) is 16.8. The molecule has 1 aliphatic heterocycles. The van der Waals surface area contributed by atoms with Crippen LogP contribution in [0.3, 0.4) is 0 Å². The topological polar surface area (TPSA) is 52.6 Å². The van der Waals surface area contributed by atoms with Crippen molar-refractivity contribution >= 4 is 11.6 Å². The first-order valence-electron chi connectivity index (χ1n) is 9.69. The maximum Gasteiger partial charge on any atom is 0.172 e. The van der Waals surface area contributed by atoms with Gasteiger partial charge in [-0.25, -0.2) is 4.39 Å². The number of methoxy groups -OCH3 is 1. The van der Waals surface area contributed by atoms with Crippen LogP contribution in [0.1, 0.15) is 54.9 Å². The maximum atomic E-state index is 13.2. The fraction of sp³-hybridized carbons (Fsp3) is 0.333. The van der Waals surface area contributed by atoms with Crippen LogP contribution in [0.5, 0.6) is 11.5 Å². The number of hydrogen-bond acceptors (Lipinski definition) is 4. The Morgan fingerprint density at radius 3 is 2.59 bits per heavy atom. The van der Waals surface area contributed by atoms with E-state index in [0.29, 0.717) is 41.2 Å². The number of halogens is 1. The summed E-state index contributed by atoms with van der Waals surface area (Å²) in [6.45, 7) is 4.07. The second-order valence-corrected chi connectivity index (χ2v) is 8.45. The quantitative estimate of drug-likeness (QED) is 0.667. The number of fused-ring (bicyclic) bond motifs is 1. The van der Waals surface area contributed by atoms with Gasteiger partial charge in [-0.2, -0.15) is 0 Å². The van der Waals surface area contributed by atoms with Gasteiger partial charge in [0, 0.05) is 41.9 Å². The Hall–Kier alpha value is -2.95. The van der Waals surface area contributed by atoms with E-state index in [-0.39, 0.29) is 23.4 Å². The van der Waals surface area contributed by atoms with Crippen LogP contribution in [0.25, 0.3) is 0 Å². The SMILES string of the molecule is COc1cccc2c1OC1=C(C(=O)CC(C)(C)C1)C2CC(=O)c1ccc(F)cc1. The van der Waals surface area contributed by atoms with Crippen LogP contribution in [0.4, 0.5) is 4.39 Å². The van der Waals surface area contributed by atoms with Crippen molar-refractivity contribution < 1.29 is 23.5 Å². The van der Waals surface area contributed by atoms with Crippen LogP contribution in [-0.2, 0) is 4.79 Å². The van der Waals surface area contributed by atoms with Crippen molar-refractivity contribution in [3.63, 3.8) is 0 Å². The van der Waals surface area contributed by atoms with Crippen LogP contribution >= 0.6 is 0 Å². The second-order valence-electron chi connectivity index (χ2n) is 8.45. The van der Waals surface area contributed by atoms with Crippen molar-refractivity contribution in [3.8, 4) is 11.5 Å². The molecule has 0 saturated heterocycles. The van der Waals surface area contributed by atoms with Gasteiger partial charge < -0.3 is 9.47 Å². The van der Waals surface area contributed by atoms with Crippen LogP contribution in [-0.4, -0.2) is 18.7 Å². The van der Waals surface area contributed by atoms with E-state index in [4.69, 9.17) is 9.47 Å². The lowest BCUT2D eigenvalue weighted by atomic mass is 9.70. The standard InChI is InChI=1S/C24H23FO4/c1-24(2)12-19(27)22-17(11-18(26)14-7-9-15(25)10-8-14)16-5-4-6-20(28-3)23(16)29-21(22)13-24/h4-10,17H,11-13H2,1-3H3. The molecule has 0 saturated carbocycles. The molecule has 2 aromatic rings. The van der Waals surface area contributed by atoms with Crippen molar-refractivity contribution in [2.75, 3.05) is 7.11 Å². The van der Waals surface area contributed by atoms with E-state index in [1.165, 1.54) is 24.3 Å². The Kier molecular flexibility index (Phi) is 4.77. The van der Waals surface area contributed by atoms with Gasteiger partial charge in [0.25, 0.3) is 0 Å². The third kappa shape index (κ3) is 3.57. The number of benzene rings is 2. The molecule has 0 amide bonds. The molecule has 1 unspecified atom stereocenters.